The van der Waals surface area contributed by atoms with Crippen LogP contribution in [-0.4, -0.2) is 0 Å². The summed E-state index contributed by atoms with van der Waals surface area (Å²) in [6, 6.07) is 14.0. The second kappa shape index (κ2) is 5.30. The summed E-state index contributed by atoms with van der Waals surface area (Å²) in [7, 11) is 0. The van der Waals surface area contributed by atoms with Crippen molar-refractivity contribution in [3.05, 3.63) is 58.3 Å². The lowest BCUT2D eigenvalue weighted by Crippen LogP contribution is -1.93. The Morgan fingerprint density at radius 2 is 1.29 bits per heavy atom. The van der Waals surface area contributed by atoms with Crippen LogP contribution < -0.4 is 0 Å². The molecule has 0 saturated carbocycles. The van der Waals surface area contributed by atoms with Crippen LogP contribution in [0.5, 0.6) is 0 Å². The van der Waals surface area contributed by atoms with Gasteiger partial charge in [-0.1, -0.05) is 38.1 Å². The molecule has 0 fully saturated rings. The smallest absolute Gasteiger partial charge is 0.0434 e. The lowest BCUT2D eigenvalue weighted by molar-refractivity contribution is 1.05. The van der Waals surface area contributed by atoms with Gasteiger partial charge < -0.3 is 0 Å². The molecular formula is C22H18S2. The summed E-state index contributed by atoms with van der Waals surface area (Å²) in [5.41, 5.74) is 3.01. The summed E-state index contributed by atoms with van der Waals surface area (Å²) < 4.78 is 2.86. The molecule has 2 heterocycles. The van der Waals surface area contributed by atoms with Crippen molar-refractivity contribution in [3.63, 3.8) is 0 Å². The minimum absolute atomic E-state index is 1.10. The van der Waals surface area contributed by atoms with Crippen molar-refractivity contribution < 1.29 is 0 Å². The highest BCUT2D eigenvalue weighted by Gasteiger charge is 2.15. The van der Waals surface area contributed by atoms with Gasteiger partial charge in [0.15, 0.2) is 0 Å². The van der Waals surface area contributed by atoms with E-state index in [-0.39, 0.29) is 0 Å². The van der Waals surface area contributed by atoms with E-state index < -0.39 is 0 Å². The van der Waals surface area contributed by atoms with Gasteiger partial charge in [0.25, 0.3) is 0 Å². The molecule has 0 bridgehead atoms. The molecule has 0 unspecified atom stereocenters. The fraction of sp³-hybridized carbons (Fsp3) is 0.182. The highest BCUT2D eigenvalue weighted by Crippen LogP contribution is 2.43. The van der Waals surface area contributed by atoms with E-state index in [1.54, 1.807) is 0 Å². The Morgan fingerprint density at radius 1 is 0.625 bits per heavy atom. The van der Waals surface area contributed by atoms with Crippen LogP contribution in [0.2, 0.25) is 0 Å². The lowest BCUT2D eigenvalue weighted by Gasteiger charge is -2.13. The molecule has 0 spiro atoms. The van der Waals surface area contributed by atoms with Crippen LogP contribution in [-0.2, 0) is 12.8 Å². The molecule has 0 N–H and O–H groups in total. The van der Waals surface area contributed by atoms with Crippen molar-refractivity contribution in [1.29, 1.82) is 0 Å². The zero-order chi connectivity index (χ0) is 16.3. The highest BCUT2D eigenvalue weighted by atomic mass is 32.1. The molecule has 3 aromatic carbocycles. The van der Waals surface area contributed by atoms with Crippen molar-refractivity contribution in [2.24, 2.45) is 0 Å². The molecule has 0 aliphatic rings. The molecule has 0 atom stereocenters. The summed E-state index contributed by atoms with van der Waals surface area (Å²) in [5, 5.41) is 13.0. The van der Waals surface area contributed by atoms with Crippen molar-refractivity contribution in [2.45, 2.75) is 26.7 Å². The molecule has 0 aliphatic heterocycles. The van der Waals surface area contributed by atoms with Gasteiger partial charge in [0.05, 0.1) is 0 Å². The zero-order valence-corrected chi connectivity index (χ0v) is 15.5. The van der Waals surface area contributed by atoms with E-state index in [4.69, 9.17) is 0 Å². The van der Waals surface area contributed by atoms with E-state index in [1.807, 2.05) is 22.7 Å². The molecule has 24 heavy (non-hydrogen) atoms. The largest absolute Gasteiger partial charge is 0.143 e. The summed E-state index contributed by atoms with van der Waals surface area (Å²) in [6.45, 7) is 4.54. The van der Waals surface area contributed by atoms with Crippen LogP contribution >= 0.6 is 22.7 Å². The third-order valence-electron chi connectivity index (χ3n) is 5.24. The summed E-state index contributed by atoms with van der Waals surface area (Å²) in [6.07, 6.45) is 2.20. The molecular weight excluding hydrogens is 328 g/mol. The van der Waals surface area contributed by atoms with Crippen LogP contribution in [0.3, 0.4) is 0 Å². The third kappa shape index (κ3) is 1.78. The van der Waals surface area contributed by atoms with Gasteiger partial charge in [-0.3, -0.25) is 0 Å². The maximum Gasteiger partial charge on any atom is 0.0434 e. The van der Waals surface area contributed by atoms with E-state index in [2.05, 4.69) is 61.0 Å². The zero-order valence-electron chi connectivity index (χ0n) is 13.8. The van der Waals surface area contributed by atoms with Gasteiger partial charge in [0, 0.05) is 30.9 Å². The first-order valence-corrected chi connectivity index (χ1v) is 10.3. The Balaban J connectivity index is 2.10. The maximum atomic E-state index is 2.36. The standard InChI is InChI=1S/C22H18S2/c1-3-13-5-6-16-15(14(13)4-2)7-8-19-20(16)22-18(10-12-24-22)17-9-11-23-21(17)19/h5-12H,3-4H2,1-2H3. The average Bonchev–Trinajstić information content (AvgIpc) is 3.28. The molecule has 0 aliphatic carbocycles. The molecule has 0 radical (unpaired) electrons. The van der Waals surface area contributed by atoms with Crippen molar-refractivity contribution in [3.8, 4) is 0 Å². The summed E-state index contributed by atoms with van der Waals surface area (Å²) in [5.74, 6) is 0. The number of aryl methyl sites for hydroxylation is 2. The molecule has 2 aromatic heterocycles. The second-order valence-corrected chi connectivity index (χ2v) is 8.15. The van der Waals surface area contributed by atoms with Gasteiger partial charge in [-0.15, -0.1) is 22.7 Å². The van der Waals surface area contributed by atoms with Gasteiger partial charge in [-0.05, 0) is 57.6 Å². The first kappa shape index (κ1) is 14.4. The van der Waals surface area contributed by atoms with Crippen LogP contribution in [0.15, 0.2) is 47.2 Å². The van der Waals surface area contributed by atoms with Crippen LogP contribution in [0, 0.1) is 0 Å². The minimum atomic E-state index is 1.10. The maximum absolute atomic E-state index is 2.36. The quantitative estimate of drug-likeness (QED) is 0.289. The predicted molar refractivity (Wildman–Crippen MR) is 111 cm³/mol. The van der Waals surface area contributed by atoms with Crippen LogP contribution in [0.1, 0.15) is 25.0 Å². The normalized spacial score (nSPS) is 12.1. The molecule has 118 valence electrons. The molecule has 0 saturated heterocycles. The van der Waals surface area contributed by atoms with Gasteiger partial charge in [0.1, 0.15) is 0 Å². The van der Waals surface area contributed by atoms with E-state index in [0.29, 0.717) is 0 Å². The number of rotatable bonds is 2. The van der Waals surface area contributed by atoms with Crippen LogP contribution in [0.4, 0.5) is 0 Å². The SMILES string of the molecule is CCc1ccc2c(ccc3c4sccc4c4ccsc4c23)c1CC. The number of benzene rings is 3. The minimum Gasteiger partial charge on any atom is -0.143 e. The number of thiophene rings is 2. The molecule has 2 heteroatoms. The Kier molecular flexibility index (Phi) is 3.19. The fourth-order valence-electron chi connectivity index (χ4n) is 4.14. The van der Waals surface area contributed by atoms with Gasteiger partial charge in [-0.2, -0.15) is 0 Å². The number of fused-ring (bicyclic) bond motifs is 8. The number of hydrogen-bond acceptors (Lipinski definition) is 2. The predicted octanol–water partition coefficient (Wildman–Crippen LogP) is 7.55. The van der Waals surface area contributed by atoms with Crippen molar-refractivity contribution in [1.82, 2.24) is 0 Å². The van der Waals surface area contributed by atoms with Gasteiger partial charge in [-0.25, -0.2) is 0 Å². The van der Waals surface area contributed by atoms with Gasteiger partial charge in [0.2, 0.25) is 0 Å². The van der Waals surface area contributed by atoms with Crippen LogP contribution in [0.25, 0.3) is 41.7 Å². The summed E-state index contributed by atoms with van der Waals surface area (Å²) >= 11 is 3.74. The number of hydrogen-bond donors (Lipinski definition) is 0. The first-order valence-electron chi connectivity index (χ1n) is 8.57. The molecule has 0 nitrogen and oxygen atoms in total. The van der Waals surface area contributed by atoms with E-state index in [1.165, 1.54) is 52.8 Å². The molecule has 0 amide bonds. The average molecular weight is 347 g/mol. The summed E-state index contributed by atoms with van der Waals surface area (Å²) in [4.78, 5) is 0. The highest BCUT2D eigenvalue weighted by molar-refractivity contribution is 7.21. The van der Waals surface area contributed by atoms with E-state index in [0.717, 1.165) is 12.8 Å². The Labute approximate surface area is 149 Å². The molecule has 5 rings (SSSR count). The van der Waals surface area contributed by atoms with Crippen molar-refractivity contribution >= 4 is 64.4 Å². The Hall–Kier alpha value is -1.90. The Bertz CT molecular complexity index is 1220. The second-order valence-electron chi connectivity index (χ2n) is 6.32. The van der Waals surface area contributed by atoms with Gasteiger partial charge >= 0.3 is 0 Å². The first-order chi connectivity index (χ1) is 11.8. The van der Waals surface area contributed by atoms with E-state index >= 15 is 0 Å². The van der Waals surface area contributed by atoms with Crippen molar-refractivity contribution in [2.75, 3.05) is 0 Å². The fourth-order valence-corrected chi connectivity index (χ4v) is 6.07. The topological polar surface area (TPSA) is 0 Å². The Morgan fingerprint density at radius 3 is 2.04 bits per heavy atom. The molecule has 5 aromatic rings. The lowest BCUT2D eigenvalue weighted by atomic mass is 9.92. The third-order valence-corrected chi connectivity index (χ3v) is 7.12. The monoisotopic (exact) mass is 346 g/mol. The van der Waals surface area contributed by atoms with E-state index in [9.17, 15) is 0 Å².